The zero-order valence-electron chi connectivity index (χ0n) is 21.0. The van der Waals surface area contributed by atoms with Crippen LogP contribution in [0.15, 0.2) is 115 Å². The Hall–Kier alpha value is -3.78. The molecule has 0 amide bonds. The highest BCUT2D eigenvalue weighted by Gasteiger charge is 2.98. The van der Waals surface area contributed by atoms with Gasteiger partial charge in [-0.2, -0.15) is 0 Å². The Kier molecular flexibility index (Phi) is 3.78. The molecule has 2 heteroatoms. The molecule has 37 heavy (non-hydrogen) atoms. The third kappa shape index (κ3) is 1.82. The molecule has 0 N–H and O–H groups in total. The van der Waals surface area contributed by atoms with Crippen molar-refractivity contribution in [3.63, 3.8) is 0 Å². The van der Waals surface area contributed by atoms with E-state index in [0.29, 0.717) is 0 Å². The molecule has 4 aromatic carbocycles. The second-order valence-corrected chi connectivity index (χ2v) is 11.7. The lowest BCUT2D eigenvalue weighted by atomic mass is 9.25. The van der Waals surface area contributed by atoms with E-state index in [4.69, 9.17) is 0 Å². The molecule has 6 bridgehead atoms. The van der Waals surface area contributed by atoms with E-state index in [1.54, 1.807) is 0 Å². The molecule has 5 aliphatic carbocycles. The third-order valence-electron chi connectivity index (χ3n) is 10.8. The molecule has 5 aliphatic rings. The first-order valence-corrected chi connectivity index (χ1v) is 13.4. The number of carbonyl (C=O) groups is 2. The van der Waals surface area contributed by atoms with Crippen molar-refractivity contribution in [3.8, 4) is 0 Å². The molecule has 0 aliphatic heterocycles. The first-order chi connectivity index (χ1) is 18.0. The molecule has 0 saturated heterocycles. The fourth-order valence-corrected chi connectivity index (χ4v) is 10.2. The summed E-state index contributed by atoms with van der Waals surface area (Å²) in [6, 6.07) is 40.0. The van der Waals surface area contributed by atoms with Gasteiger partial charge in [0.25, 0.3) is 0 Å². The van der Waals surface area contributed by atoms with Crippen LogP contribution < -0.4 is 0 Å². The van der Waals surface area contributed by atoms with E-state index in [1.807, 2.05) is 24.3 Å². The first-order valence-electron chi connectivity index (χ1n) is 13.4. The van der Waals surface area contributed by atoms with Gasteiger partial charge < -0.3 is 0 Å². The molecule has 7 atom stereocenters. The summed E-state index contributed by atoms with van der Waals surface area (Å²) in [6.45, 7) is 4.20. The van der Waals surface area contributed by atoms with Crippen LogP contribution in [-0.2, 0) is 31.2 Å². The number of hydrogen-bond donors (Lipinski definition) is 0. The maximum atomic E-state index is 15.5. The summed E-state index contributed by atoms with van der Waals surface area (Å²) in [7, 11) is 0. The predicted octanol–water partition coefficient (Wildman–Crippen LogP) is 6.17. The minimum absolute atomic E-state index is 0.0306. The Morgan fingerprint density at radius 3 is 1.68 bits per heavy atom. The molecule has 0 aromatic heterocycles. The van der Waals surface area contributed by atoms with Crippen molar-refractivity contribution in [2.45, 2.75) is 35.5 Å². The Labute approximate surface area is 217 Å². The topological polar surface area (TPSA) is 34.1 Å². The Morgan fingerprint density at radius 1 is 0.595 bits per heavy atom. The van der Waals surface area contributed by atoms with Crippen molar-refractivity contribution in [3.05, 3.63) is 143 Å². The standard InChI is InChI=1S/C35H28O2/c1-22-28(36)30-32(2)26-20-12-13-21-27(26)33(23-14-6-3-7-15-23)29(22)34(30,24-16-8-4-9-17-24)35(33,31(32)37)25-18-10-5-11-19-25/h3-22,29-30H,1-2H3/t22-,29-,30+,32-,33+,34+,35+/m0/s1. The van der Waals surface area contributed by atoms with E-state index < -0.39 is 27.6 Å². The maximum absolute atomic E-state index is 15.5. The number of ketones is 2. The third-order valence-corrected chi connectivity index (χ3v) is 10.8. The SMILES string of the molecule is C[C@H]1C(=O)[C@H]2[C@@]3(c4ccccc4)[C@@H]1[C@@]1(c4ccccc4)c4ccccc4[C@]2(C)C(=O)[C@]13c1ccccc1. The molecule has 2 nitrogen and oxygen atoms in total. The molecule has 4 aromatic rings. The summed E-state index contributed by atoms with van der Waals surface area (Å²) in [5.74, 6) is -0.149. The van der Waals surface area contributed by atoms with Crippen LogP contribution in [0.3, 0.4) is 0 Å². The van der Waals surface area contributed by atoms with Crippen LogP contribution in [0, 0.1) is 17.8 Å². The van der Waals surface area contributed by atoms with Gasteiger partial charge in [-0.1, -0.05) is 122 Å². The van der Waals surface area contributed by atoms with E-state index in [0.717, 1.165) is 22.3 Å². The van der Waals surface area contributed by atoms with E-state index in [1.165, 1.54) is 5.56 Å². The van der Waals surface area contributed by atoms with Crippen LogP contribution in [0.25, 0.3) is 0 Å². The van der Waals surface area contributed by atoms with Crippen LogP contribution in [-0.4, -0.2) is 11.6 Å². The molecule has 9 rings (SSSR count). The minimum Gasteiger partial charge on any atom is -0.299 e. The van der Waals surface area contributed by atoms with Crippen molar-refractivity contribution >= 4 is 11.6 Å². The molecule has 0 unspecified atom stereocenters. The molecule has 0 radical (unpaired) electrons. The molecule has 3 fully saturated rings. The number of rotatable bonds is 3. The number of carbonyl (C=O) groups excluding carboxylic acids is 2. The molecule has 0 spiro atoms. The molecule has 180 valence electrons. The predicted molar refractivity (Wildman–Crippen MR) is 143 cm³/mol. The van der Waals surface area contributed by atoms with Crippen molar-refractivity contribution in [2.75, 3.05) is 0 Å². The number of benzene rings is 4. The van der Waals surface area contributed by atoms with Crippen LogP contribution in [0.1, 0.15) is 41.7 Å². The lowest BCUT2D eigenvalue weighted by Crippen LogP contribution is -2.81. The lowest BCUT2D eigenvalue weighted by Gasteiger charge is -2.74. The normalized spacial score (nSPS) is 38.3. The smallest absolute Gasteiger partial charge is 0.156 e. The molecular formula is C35H28O2. The molecule has 3 saturated carbocycles. The second-order valence-electron chi connectivity index (χ2n) is 11.7. The van der Waals surface area contributed by atoms with Crippen LogP contribution in [0.4, 0.5) is 0 Å². The first kappa shape index (κ1) is 21.3. The second kappa shape index (κ2) is 6.55. The van der Waals surface area contributed by atoms with Gasteiger partial charge in [0.2, 0.25) is 0 Å². The van der Waals surface area contributed by atoms with Crippen molar-refractivity contribution in [1.29, 1.82) is 0 Å². The summed E-state index contributed by atoms with van der Waals surface area (Å²) in [5.41, 5.74) is 2.54. The molecule has 0 heterocycles. The average molecular weight is 481 g/mol. The van der Waals surface area contributed by atoms with Crippen molar-refractivity contribution < 1.29 is 9.59 Å². The van der Waals surface area contributed by atoms with Crippen LogP contribution >= 0.6 is 0 Å². The highest BCUT2D eigenvalue weighted by Crippen LogP contribution is 2.90. The van der Waals surface area contributed by atoms with Gasteiger partial charge in [-0.3, -0.25) is 9.59 Å². The highest BCUT2D eigenvalue weighted by molar-refractivity contribution is 6.18. The van der Waals surface area contributed by atoms with Crippen LogP contribution in [0.5, 0.6) is 0 Å². The minimum atomic E-state index is -0.892. The van der Waals surface area contributed by atoms with Gasteiger partial charge in [0, 0.05) is 22.7 Å². The number of Topliss-reactive ketones (excluding diaryl/α,β-unsaturated/α-hetero) is 2. The van der Waals surface area contributed by atoms with E-state index in [9.17, 15) is 4.79 Å². The van der Waals surface area contributed by atoms with Gasteiger partial charge >= 0.3 is 0 Å². The Morgan fingerprint density at radius 2 is 1.08 bits per heavy atom. The van der Waals surface area contributed by atoms with Gasteiger partial charge in [0.15, 0.2) is 5.78 Å². The highest BCUT2D eigenvalue weighted by atomic mass is 16.1. The average Bonchev–Trinajstić information content (AvgIpc) is 3.17. The Bertz CT molecular complexity index is 1610. The molecular weight excluding hydrogens is 452 g/mol. The summed E-state index contributed by atoms with van der Waals surface area (Å²) < 4.78 is 0. The summed E-state index contributed by atoms with van der Waals surface area (Å²) in [4.78, 5) is 30.0. The summed E-state index contributed by atoms with van der Waals surface area (Å²) in [5, 5.41) is 0. The van der Waals surface area contributed by atoms with Gasteiger partial charge in [0.05, 0.1) is 10.8 Å². The largest absolute Gasteiger partial charge is 0.299 e. The zero-order chi connectivity index (χ0) is 25.2. The quantitative estimate of drug-likeness (QED) is 0.352. The van der Waals surface area contributed by atoms with Gasteiger partial charge in [0.1, 0.15) is 5.78 Å². The van der Waals surface area contributed by atoms with Gasteiger partial charge in [-0.05, 0) is 40.7 Å². The zero-order valence-corrected chi connectivity index (χ0v) is 21.0. The lowest BCUT2D eigenvalue weighted by molar-refractivity contribution is -0.149. The maximum Gasteiger partial charge on any atom is 0.156 e. The summed E-state index contributed by atoms with van der Waals surface area (Å²) >= 11 is 0. The fourth-order valence-electron chi connectivity index (χ4n) is 10.2. The van der Waals surface area contributed by atoms with E-state index in [-0.39, 0.29) is 23.4 Å². The van der Waals surface area contributed by atoms with E-state index >= 15 is 4.79 Å². The van der Waals surface area contributed by atoms with Gasteiger partial charge in [-0.25, -0.2) is 0 Å². The van der Waals surface area contributed by atoms with Crippen molar-refractivity contribution in [1.82, 2.24) is 0 Å². The summed E-state index contributed by atoms with van der Waals surface area (Å²) in [6.07, 6.45) is 0. The van der Waals surface area contributed by atoms with E-state index in [2.05, 4.69) is 105 Å². The van der Waals surface area contributed by atoms with Crippen LogP contribution in [0.2, 0.25) is 0 Å². The number of hydrogen-bond acceptors (Lipinski definition) is 2. The fraction of sp³-hybridized carbons (Fsp3) is 0.257. The van der Waals surface area contributed by atoms with Gasteiger partial charge in [-0.15, -0.1) is 0 Å². The Balaban J connectivity index is 1.67. The monoisotopic (exact) mass is 480 g/mol. The van der Waals surface area contributed by atoms with Crippen molar-refractivity contribution in [2.24, 2.45) is 17.8 Å².